The monoisotopic (exact) mass is 131 g/mol. The first kappa shape index (κ1) is 8.43. The van der Waals surface area contributed by atoms with Gasteiger partial charge in [-0.05, 0) is 12.3 Å². The van der Waals surface area contributed by atoms with E-state index in [1.54, 1.807) is 0 Å². The second kappa shape index (κ2) is 3.45. The number of carboxylic acids is 1. The van der Waals surface area contributed by atoms with Gasteiger partial charge in [0, 0.05) is 0 Å². The number of carbonyl (C=O) groups is 1. The molecule has 0 rings (SSSR count). The average Bonchev–Trinajstić information content (AvgIpc) is 1.63. The van der Waals surface area contributed by atoms with E-state index in [2.05, 4.69) is 0 Å². The van der Waals surface area contributed by atoms with Gasteiger partial charge in [-0.15, -0.1) is 0 Å². The summed E-state index contributed by atoms with van der Waals surface area (Å²) >= 11 is 0. The van der Waals surface area contributed by atoms with Crippen molar-refractivity contribution < 1.29 is 15.0 Å². The van der Waals surface area contributed by atoms with Crippen molar-refractivity contribution in [3.05, 3.63) is 0 Å². The molecule has 3 nitrogen and oxygen atoms in total. The Kier molecular flexibility index (Phi) is 3.24. The van der Waals surface area contributed by atoms with E-state index in [9.17, 15) is 9.90 Å². The van der Waals surface area contributed by atoms with E-state index in [0.717, 1.165) is 0 Å². The molecule has 0 spiro atoms. The molecule has 0 aromatic heterocycles. The van der Waals surface area contributed by atoms with Crippen molar-refractivity contribution >= 4 is 5.97 Å². The van der Waals surface area contributed by atoms with Crippen LogP contribution in [-0.2, 0) is 4.79 Å². The number of aliphatic hydroxyl groups excluding tert-OH is 1. The summed E-state index contributed by atoms with van der Waals surface area (Å²) in [4.78, 5) is 9.87. The van der Waals surface area contributed by atoms with Crippen LogP contribution in [-0.4, -0.2) is 17.2 Å². The predicted octanol–water partition coefficient (Wildman–Crippen LogP) is -0.857. The Bertz CT molecular complexity index is 98.5. The van der Waals surface area contributed by atoms with Crippen molar-refractivity contribution in [2.24, 2.45) is 5.92 Å². The second-order valence-electron chi connectivity index (χ2n) is 2.46. The minimum atomic E-state index is -1.39. The lowest BCUT2D eigenvalue weighted by molar-refractivity contribution is -0.315. The van der Waals surface area contributed by atoms with Gasteiger partial charge in [0.25, 0.3) is 0 Å². The first-order chi connectivity index (χ1) is 4.04. The van der Waals surface area contributed by atoms with Crippen LogP contribution in [0.4, 0.5) is 0 Å². The van der Waals surface area contributed by atoms with Crippen LogP contribution < -0.4 is 5.11 Å². The van der Waals surface area contributed by atoms with Gasteiger partial charge in [-0.25, -0.2) is 0 Å². The molecular formula is C6H11O3-. The molecule has 54 valence electrons. The molecule has 0 saturated heterocycles. The summed E-state index contributed by atoms with van der Waals surface area (Å²) in [7, 11) is 0. The molecule has 1 N–H and O–H groups in total. The van der Waals surface area contributed by atoms with Crippen LogP contribution in [0.1, 0.15) is 20.3 Å². The van der Waals surface area contributed by atoms with E-state index in [1.165, 1.54) is 0 Å². The minimum Gasteiger partial charge on any atom is -0.547 e. The van der Waals surface area contributed by atoms with Crippen LogP contribution in [0.3, 0.4) is 0 Å². The molecule has 3 heteroatoms. The molecule has 1 atom stereocenters. The minimum absolute atomic E-state index is 0.192. The lowest BCUT2D eigenvalue weighted by atomic mass is 10.1. The summed E-state index contributed by atoms with van der Waals surface area (Å²) in [5.41, 5.74) is 0. The number of rotatable bonds is 3. The maximum absolute atomic E-state index is 9.87. The first-order valence-corrected chi connectivity index (χ1v) is 2.93. The van der Waals surface area contributed by atoms with Crippen molar-refractivity contribution in [1.82, 2.24) is 0 Å². The highest BCUT2D eigenvalue weighted by molar-refractivity contribution is 5.69. The van der Waals surface area contributed by atoms with Crippen LogP contribution in [0.15, 0.2) is 0 Å². The molecule has 9 heavy (non-hydrogen) atoms. The maximum Gasteiger partial charge on any atom is 0.0936 e. The average molecular weight is 131 g/mol. The SMILES string of the molecule is CC(C)CC(O)C(=O)[O-]. The maximum atomic E-state index is 9.87. The molecule has 0 bridgehead atoms. The zero-order valence-electron chi connectivity index (χ0n) is 5.63. The van der Waals surface area contributed by atoms with Gasteiger partial charge >= 0.3 is 0 Å². The van der Waals surface area contributed by atoms with E-state index >= 15 is 0 Å². The number of aliphatic carboxylic acids is 1. The summed E-state index contributed by atoms with van der Waals surface area (Å²) < 4.78 is 0. The van der Waals surface area contributed by atoms with Crippen molar-refractivity contribution in [3.8, 4) is 0 Å². The first-order valence-electron chi connectivity index (χ1n) is 2.93. The van der Waals surface area contributed by atoms with E-state index in [0.29, 0.717) is 0 Å². The quantitative estimate of drug-likeness (QED) is 0.542. The molecule has 0 heterocycles. The van der Waals surface area contributed by atoms with Crippen molar-refractivity contribution in [2.75, 3.05) is 0 Å². The van der Waals surface area contributed by atoms with Gasteiger partial charge in [-0.3, -0.25) is 0 Å². The van der Waals surface area contributed by atoms with Crippen molar-refractivity contribution in [1.29, 1.82) is 0 Å². The van der Waals surface area contributed by atoms with Crippen LogP contribution in [0.5, 0.6) is 0 Å². The highest BCUT2D eigenvalue weighted by Crippen LogP contribution is 2.02. The van der Waals surface area contributed by atoms with Gasteiger partial charge in [0.2, 0.25) is 0 Å². The summed E-state index contributed by atoms with van der Waals surface area (Å²) in [6, 6.07) is 0. The van der Waals surface area contributed by atoms with Gasteiger partial charge < -0.3 is 15.0 Å². The molecule has 0 radical (unpaired) electrons. The van der Waals surface area contributed by atoms with Crippen LogP contribution in [0.2, 0.25) is 0 Å². The molecule has 0 aromatic rings. The lowest BCUT2D eigenvalue weighted by Crippen LogP contribution is -2.36. The molecule has 0 aliphatic rings. The number of hydrogen-bond donors (Lipinski definition) is 1. The van der Waals surface area contributed by atoms with Crippen LogP contribution >= 0.6 is 0 Å². The van der Waals surface area contributed by atoms with Gasteiger partial charge in [0.15, 0.2) is 0 Å². The fourth-order valence-electron chi connectivity index (χ4n) is 0.543. The fraction of sp³-hybridized carbons (Fsp3) is 0.833. The highest BCUT2D eigenvalue weighted by atomic mass is 16.4. The Morgan fingerprint density at radius 2 is 2.11 bits per heavy atom. The van der Waals surface area contributed by atoms with Gasteiger partial charge in [-0.1, -0.05) is 13.8 Å². The molecule has 1 unspecified atom stereocenters. The smallest absolute Gasteiger partial charge is 0.0936 e. The third-order valence-corrected chi connectivity index (χ3v) is 0.967. The normalized spacial score (nSPS) is 13.8. The van der Waals surface area contributed by atoms with Crippen molar-refractivity contribution in [3.63, 3.8) is 0 Å². The zero-order chi connectivity index (χ0) is 7.44. The topological polar surface area (TPSA) is 60.4 Å². The van der Waals surface area contributed by atoms with Crippen LogP contribution in [0, 0.1) is 5.92 Å². The third kappa shape index (κ3) is 3.97. The Hall–Kier alpha value is -0.570. The summed E-state index contributed by atoms with van der Waals surface area (Å²) in [6.45, 7) is 3.68. The Labute approximate surface area is 54.3 Å². The fourth-order valence-corrected chi connectivity index (χ4v) is 0.543. The van der Waals surface area contributed by atoms with Gasteiger partial charge in [-0.2, -0.15) is 0 Å². The van der Waals surface area contributed by atoms with Gasteiger partial charge in [0.1, 0.15) is 0 Å². The van der Waals surface area contributed by atoms with Crippen LogP contribution in [0.25, 0.3) is 0 Å². The molecular weight excluding hydrogens is 120 g/mol. The molecule has 0 aliphatic heterocycles. The largest absolute Gasteiger partial charge is 0.547 e. The third-order valence-electron chi connectivity index (χ3n) is 0.967. The lowest BCUT2D eigenvalue weighted by Gasteiger charge is -2.12. The summed E-state index contributed by atoms with van der Waals surface area (Å²) in [6.07, 6.45) is -1.03. The number of aliphatic hydroxyl groups is 1. The zero-order valence-corrected chi connectivity index (χ0v) is 5.63. The standard InChI is InChI=1S/C6H12O3/c1-4(2)3-5(7)6(8)9/h4-5,7H,3H2,1-2H3,(H,8,9)/p-1. The molecule has 0 amide bonds. The molecule has 0 fully saturated rings. The van der Waals surface area contributed by atoms with E-state index in [-0.39, 0.29) is 12.3 Å². The molecule has 0 aliphatic carbocycles. The van der Waals surface area contributed by atoms with E-state index in [4.69, 9.17) is 5.11 Å². The molecule has 0 aromatic carbocycles. The second-order valence-corrected chi connectivity index (χ2v) is 2.46. The van der Waals surface area contributed by atoms with Crippen molar-refractivity contribution in [2.45, 2.75) is 26.4 Å². The van der Waals surface area contributed by atoms with E-state index < -0.39 is 12.1 Å². The Balaban J connectivity index is 3.50. The summed E-state index contributed by atoms with van der Waals surface area (Å²) in [5, 5.41) is 18.5. The summed E-state index contributed by atoms with van der Waals surface area (Å²) in [5.74, 6) is -1.19. The number of carboxylic acid groups (broad SMARTS) is 1. The predicted molar refractivity (Wildman–Crippen MR) is 30.5 cm³/mol. The highest BCUT2D eigenvalue weighted by Gasteiger charge is 2.05. The number of hydrogen-bond acceptors (Lipinski definition) is 3. The van der Waals surface area contributed by atoms with Gasteiger partial charge in [0.05, 0.1) is 12.1 Å². The van der Waals surface area contributed by atoms with E-state index in [1.807, 2.05) is 13.8 Å². The Morgan fingerprint density at radius 3 is 2.22 bits per heavy atom. The molecule has 0 saturated carbocycles. The number of carbonyl (C=O) groups excluding carboxylic acids is 1. The Morgan fingerprint density at radius 1 is 1.67 bits per heavy atom.